The zero-order valence-corrected chi connectivity index (χ0v) is 17.7. The van der Waals surface area contributed by atoms with Crippen molar-refractivity contribution in [3.63, 3.8) is 0 Å². The van der Waals surface area contributed by atoms with E-state index in [0.717, 1.165) is 29.7 Å². The predicted octanol–water partition coefficient (Wildman–Crippen LogP) is 2.49. The van der Waals surface area contributed by atoms with Crippen molar-refractivity contribution in [3.05, 3.63) is 34.9 Å². The van der Waals surface area contributed by atoms with Crippen molar-refractivity contribution in [2.45, 2.75) is 52.4 Å². The molecule has 0 bridgehead atoms. The highest BCUT2D eigenvalue weighted by Crippen LogP contribution is 2.23. The van der Waals surface area contributed by atoms with Gasteiger partial charge in [-0.25, -0.2) is 0 Å². The molecular weight excluding hydrogens is 364 g/mol. The maximum absolute atomic E-state index is 5.71. The molecule has 0 spiro atoms. The number of nitrogens with one attached hydrogen (secondary N) is 1. The van der Waals surface area contributed by atoms with Crippen molar-refractivity contribution in [2.24, 2.45) is 21.4 Å². The van der Waals surface area contributed by atoms with Crippen LogP contribution >= 0.6 is 0 Å². The van der Waals surface area contributed by atoms with E-state index < -0.39 is 0 Å². The first-order valence-electron chi connectivity index (χ1n) is 10.4. The Morgan fingerprint density at radius 1 is 1.31 bits per heavy atom. The Hall–Kier alpha value is -2.20. The van der Waals surface area contributed by atoms with E-state index in [9.17, 15) is 0 Å². The third-order valence-corrected chi connectivity index (χ3v) is 4.98. The van der Waals surface area contributed by atoms with Crippen molar-refractivity contribution in [1.29, 1.82) is 0 Å². The molecule has 6 nitrogen and oxygen atoms in total. The first-order valence-corrected chi connectivity index (χ1v) is 10.4. The van der Waals surface area contributed by atoms with Gasteiger partial charge in [0.2, 0.25) is 0 Å². The molecule has 3 rings (SSSR count). The van der Waals surface area contributed by atoms with E-state index in [1.54, 1.807) is 6.21 Å². The van der Waals surface area contributed by atoms with Crippen LogP contribution in [0, 0.1) is 17.3 Å². The molecule has 2 fully saturated rings. The number of benzene rings is 1. The van der Waals surface area contributed by atoms with Gasteiger partial charge in [0.1, 0.15) is 5.71 Å². The molecule has 1 aliphatic heterocycles. The molecule has 1 heterocycles. The lowest BCUT2D eigenvalue weighted by molar-refractivity contribution is -0.215. The summed E-state index contributed by atoms with van der Waals surface area (Å²) in [6, 6.07) is 6.81. The molecule has 1 aromatic rings. The molecular formula is C23H32N4O2. The molecule has 0 radical (unpaired) electrons. The second kappa shape index (κ2) is 10.0. The number of aliphatic imine (C=N–C) groups is 1. The van der Waals surface area contributed by atoms with Gasteiger partial charge in [-0.05, 0) is 37.0 Å². The molecule has 3 N–H and O–H groups in total. The molecule has 0 amide bonds. The topological polar surface area (TPSA) is 81.2 Å². The van der Waals surface area contributed by atoms with Gasteiger partial charge in [-0.1, -0.05) is 38.7 Å². The average Bonchev–Trinajstić information content (AvgIpc) is 3.54. The highest BCUT2D eigenvalue weighted by atomic mass is 16.7. The van der Waals surface area contributed by atoms with E-state index in [1.165, 1.54) is 12.8 Å². The SMILES string of the molecule is CCc1cc(C#CCNC2CC2)ccc1/C(C=NCC1OCC(C)(C)CO1)=N/N. The number of rotatable bonds is 7. The van der Waals surface area contributed by atoms with Crippen LogP contribution in [0.5, 0.6) is 0 Å². The van der Waals surface area contributed by atoms with Gasteiger partial charge in [-0.2, -0.15) is 5.10 Å². The van der Waals surface area contributed by atoms with Crippen LogP contribution in [-0.2, 0) is 15.9 Å². The molecule has 1 saturated heterocycles. The lowest BCUT2D eigenvalue weighted by Crippen LogP contribution is -2.39. The maximum Gasteiger partial charge on any atom is 0.176 e. The summed E-state index contributed by atoms with van der Waals surface area (Å²) >= 11 is 0. The van der Waals surface area contributed by atoms with Gasteiger partial charge in [0.15, 0.2) is 6.29 Å². The molecule has 1 aromatic carbocycles. The van der Waals surface area contributed by atoms with Crippen molar-refractivity contribution in [2.75, 3.05) is 26.3 Å². The Labute approximate surface area is 174 Å². The van der Waals surface area contributed by atoms with Gasteiger partial charge in [-0.15, -0.1) is 0 Å². The average molecular weight is 397 g/mol. The summed E-state index contributed by atoms with van der Waals surface area (Å²) in [5.41, 5.74) is 3.83. The van der Waals surface area contributed by atoms with Crippen LogP contribution in [0.3, 0.4) is 0 Å². The lowest BCUT2D eigenvalue weighted by atomic mass is 9.96. The zero-order valence-electron chi connectivity index (χ0n) is 17.7. The first-order chi connectivity index (χ1) is 14.0. The van der Waals surface area contributed by atoms with Crippen LogP contribution in [0.25, 0.3) is 0 Å². The van der Waals surface area contributed by atoms with Crippen LogP contribution in [0.4, 0.5) is 0 Å². The number of aryl methyl sites for hydroxylation is 1. The summed E-state index contributed by atoms with van der Waals surface area (Å²) in [6.07, 6.45) is 4.80. The third kappa shape index (κ3) is 6.67. The molecule has 0 atom stereocenters. The molecule has 156 valence electrons. The number of nitrogens with zero attached hydrogens (tertiary/aromatic N) is 2. The summed E-state index contributed by atoms with van der Waals surface area (Å²) in [7, 11) is 0. The van der Waals surface area contributed by atoms with Gasteiger partial charge in [0.05, 0.1) is 26.3 Å². The van der Waals surface area contributed by atoms with Crippen LogP contribution in [0.2, 0.25) is 0 Å². The van der Waals surface area contributed by atoms with Gasteiger partial charge in [0, 0.05) is 28.8 Å². The summed E-state index contributed by atoms with van der Waals surface area (Å²) in [5.74, 6) is 12.1. The minimum Gasteiger partial charge on any atom is -0.350 e. The summed E-state index contributed by atoms with van der Waals surface area (Å²) in [5, 5.41) is 7.35. The minimum atomic E-state index is -0.314. The molecule has 1 saturated carbocycles. The van der Waals surface area contributed by atoms with Crippen LogP contribution in [0.15, 0.2) is 28.3 Å². The van der Waals surface area contributed by atoms with Crippen molar-refractivity contribution >= 4 is 11.9 Å². The number of hydrazone groups is 1. The number of nitrogens with two attached hydrogens (primary N) is 1. The first kappa shape index (κ1) is 21.5. The second-order valence-corrected chi connectivity index (χ2v) is 8.41. The third-order valence-electron chi connectivity index (χ3n) is 4.98. The number of hydrogen-bond donors (Lipinski definition) is 2. The quantitative estimate of drug-likeness (QED) is 0.321. The largest absolute Gasteiger partial charge is 0.350 e. The van der Waals surface area contributed by atoms with Crippen molar-refractivity contribution in [3.8, 4) is 11.8 Å². The Morgan fingerprint density at radius 3 is 2.72 bits per heavy atom. The van der Waals surface area contributed by atoms with Gasteiger partial charge < -0.3 is 20.6 Å². The fourth-order valence-electron chi connectivity index (χ4n) is 3.07. The van der Waals surface area contributed by atoms with Gasteiger partial charge in [-0.3, -0.25) is 4.99 Å². The minimum absolute atomic E-state index is 0.0543. The smallest absolute Gasteiger partial charge is 0.176 e. The fourth-order valence-corrected chi connectivity index (χ4v) is 3.07. The standard InChI is InChI=1S/C23H32N4O2/c1-4-18-12-17(6-5-11-26-19-8-9-19)7-10-20(18)21(27-24)13-25-14-22-28-15-23(2,3)16-29-22/h7,10,12-13,19,22,26H,4,8-9,11,14-16,24H2,1-3H3/b25-13?,27-21+. The van der Waals surface area contributed by atoms with Crippen LogP contribution in [0.1, 0.15) is 50.3 Å². The Morgan fingerprint density at radius 2 is 2.07 bits per heavy atom. The molecule has 29 heavy (non-hydrogen) atoms. The van der Waals surface area contributed by atoms with Gasteiger partial charge in [0.25, 0.3) is 0 Å². The Kier molecular flexibility index (Phi) is 7.43. The Balaban J connectivity index is 1.60. The molecule has 2 aliphatic rings. The summed E-state index contributed by atoms with van der Waals surface area (Å²) in [6.45, 7) is 8.85. The second-order valence-electron chi connectivity index (χ2n) is 8.41. The monoisotopic (exact) mass is 396 g/mol. The summed E-state index contributed by atoms with van der Waals surface area (Å²) in [4.78, 5) is 4.45. The van der Waals surface area contributed by atoms with Crippen LogP contribution in [-0.4, -0.2) is 50.6 Å². The zero-order chi connectivity index (χ0) is 20.7. The van der Waals surface area contributed by atoms with E-state index in [1.807, 2.05) is 12.1 Å². The molecule has 0 unspecified atom stereocenters. The normalized spacial score (nSPS) is 19.9. The van der Waals surface area contributed by atoms with Crippen LogP contribution < -0.4 is 11.2 Å². The van der Waals surface area contributed by atoms with Crippen molar-refractivity contribution in [1.82, 2.24) is 5.32 Å². The molecule has 6 heteroatoms. The van der Waals surface area contributed by atoms with E-state index >= 15 is 0 Å². The highest BCUT2D eigenvalue weighted by molar-refractivity contribution is 6.38. The van der Waals surface area contributed by atoms with E-state index in [2.05, 4.69) is 54.1 Å². The molecule has 0 aromatic heterocycles. The fraction of sp³-hybridized carbons (Fsp3) is 0.565. The van der Waals surface area contributed by atoms with E-state index in [0.29, 0.717) is 31.5 Å². The number of hydrogen-bond acceptors (Lipinski definition) is 6. The molecule has 1 aliphatic carbocycles. The van der Waals surface area contributed by atoms with E-state index in [-0.39, 0.29) is 11.7 Å². The van der Waals surface area contributed by atoms with E-state index in [4.69, 9.17) is 15.3 Å². The summed E-state index contributed by atoms with van der Waals surface area (Å²) < 4.78 is 11.4. The highest BCUT2D eigenvalue weighted by Gasteiger charge is 2.27. The van der Waals surface area contributed by atoms with Crippen molar-refractivity contribution < 1.29 is 9.47 Å². The maximum atomic E-state index is 5.71. The van der Waals surface area contributed by atoms with Gasteiger partial charge >= 0.3 is 0 Å². The Bertz CT molecular complexity index is 806. The number of ether oxygens (including phenoxy) is 2. The predicted molar refractivity (Wildman–Crippen MR) is 117 cm³/mol. The lowest BCUT2D eigenvalue weighted by Gasteiger charge is -2.33.